The number of aryl methyl sites for hydroxylation is 2. The van der Waals surface area contributed by atoms with E-state index in [0.29, 0.717) is 0 Å². The highest BCUT2D eigenvalue weighted by Gasteiger charge is 2.00. The normalized spacial score (nSPS) is 10.5. The van der Waals surface area contributed by atoms with Crippen LogP contribution in [-0.4, -0.2) is 0 Å². The summed E-state index contributed by atoms with van der Waals surface area (Å²) >= 11 is 0. The van der Waals surface area contributed by atoms with E-state index >= 15 is 0 Å². The third kappa shape index (κ3) is 4.96. The maximum atomic E-state index is 2.32. The number of nitrogens with zero attached hydrogens (tertiary/aromatic N) is 1. The number of pyridine rings is 1. The van der Waals surface area contributed by atoms with E-state index in [-0.39, 0.29) is 0 Å². The molecule has 0 amide bonds. The number of rotatable bonds is 7. The van der Waals surface area contributed by atoms with Gasteiger partial charge in [0, 0.05) is 18.1 Å². The second kappa shape index (κ2) is 7.44. The van der Waals surface area contributed by atoms with Crippen molar-refractivity contribution in [3.05, 3.63) is 30.1 Å². The first-order valence-electron chi connectivity index (χ1n) is 6.34. The zero-order chi connectivity index (χ0) is 10.9. The molecule has 84 valence electrons. The van der Waals surface area contributed by atoms with Crippen molar-refractivity contribution in [1.82, 2.24) is 0 Å². The Hall–Kier alpha value is -0.850. The summed E-state index contributed by atoms with van der Waals surface area (Å²) in [6, 6.07) is 4.36. The number of hydrogen-bond donors (Lipinski definition) is 0. The van der Waals surface area contributed by atoms with Crippen molar-refractivity contribution in [1.29, 1.82) is 0 Å². The molecule has 0 aromatic carbocycles. The average molecular weight is 206 g/mol. The summed E-state index contributed by atoms with van der Waals surface area (Å²) in [6.07, 6.45) is 12.4. The molecule has 0 aliphatic rings. The summed E-state index contributed by atoms with van der Waals surface area (Å²) in [6.45, 7) is 5.65. The molecule has 0 saturated heterocycles. The molecule has 15 heavy (non-hydrogen) atoms. The second-order valence-electron chi connectivity index (χ2n) is 4.22. The van der Waals surface area contributed by atoms with Crippen molar-refractivity contribution in [3.63, 3.8) is 0 Å². The summed E-state index contributed by atoms with van der Waals surface area (Å²) in [5, 5.41) is 0. The zero-order valence-electron chi connectivity index (χ0n) is 10.2. The van der Waals surface area contributed by atoms with Gasteiger partial charge in [0.2, 0.25) is 0 Å². The topological polar surface area (TPSA) is 3.88 Å². The van der Waals surface area contributed by atoms with Crippen LogP contribution in [0.3, 0.4) is 0 Å². The molecule has 0 spiro atoms. The molecule has 1 nitrogen and oxygen atoms in total. The summed E-state index contributed by atoms with van der Waals surface area (Å²) in [5.74, 6) is 0. The first-order chi connectivity index (χ1) is 7.36. The molecule has 0 saturated carbocycles. The average Bonchev–Trinajstić information content (AvgIpc) is 2.29. The van der Waals surface area contributed by atoms with Gasteiger partial charge >= 0.3 is 0 Å². The largest absolute Gasteiger partial charge is 0.205 e. The van der Waals surface area contributed by atoms with Crippen LogP contribution in [0.1, 0.15) is 51.5 Å². The van der Waals surface area contributed by atoms with Crippen LogP contribution in [0.25, 0.3) is 0 Å². The highest BCUT2D eigenvalue weighted by molar-refractivity contribution is 5.04. The van der Waals surface area contributed by atoms with E-state index in [1.165, 1.54) is 44.2 Å². The van der Waals surface area contributed by atoms with Crippen molar-refractivity contribution in [2.75, 3.05) is 0 Å². The zero-order valence-corrected chi connectivity index (χ0v) is 10.2. The molecule has 0 radical (unpaired) electrons. The fourth-order valence-corrected chi connectivity index (χ4v) is 1.82. The molecule has 0 bridgehead atoms. The van der Waals surface area contributed by atoms with E-state index in [2.05, 4.69) is 42.9 Å². The Morgan fingerprint density at radius 1 is 1.07 bits per heavy atom. The van der Waals surface area contributed by atoms with Crippen molar-refractivity contribution in [2.24, 2.45) is 0 Å². The fourth-order valence-electron chi connectivity index (χ4n) is 1.82. The van der Waals surface area contributed by atoms with Gasteiger partial charge in [0.05, 0.1) is 0 Å². The second-order valence-corrected chi connectivity index (χ2v) is 4.22. The first-order valence-corrected chi connectivity index (χ1v) is 6.34. The van der Waals surface area contributed by atoms with Crippen LogP contribution in [0.2, 0.25) is 0 Å². The smallest absolute Gasteiger partial charge is 0.171 e. The Kier molecular flexibility index (Phi) is 6.06. The number of unbranched alkanes of at least 4 members (excludes halogenated alkanes) is 4. The van der Waals surface area contributed by atoms with E-state index < -0.39 is 0 Å². The van der Waals surface area contributed by atoms with Crippen LogP contribution in [0.15, 0.2) is 24.5 Å². The van der Waals surface area contributed by atoms with Gasteiger partial charge in [-0.2, -0.15) is 0 Å². The predicted molar refractivity (Wildman–Crippen MR) is 64.8 cm³/mol. The maximum absolute atomic E-state index is 2.32. The van der Waals surface area contributed by atoms with Crippen LogP contribution < -0.4 is 4.57 Å². The minimum Gasteiger partial charge on any atom is -0.205 e. The molecular formula is C14H24N+. The molecule has 1 rings (SSSR count). The molecule has 1 heteroatoms. The summed E-state index contributed by atoms with van der Waals surface area (Å²) in [7, 11) is 0. The molecule has 1 aromatic rings. The van der Waals surface area contributed by atoms with E-state index in [1.54, 1.807) is 0 Å². The van der Waals surface area contributed by atoms with Gasteiger partial charge in [-0.25, -0.2) is 4.57 Å². The molecule has 0 N–H and O–H groups in total. The van der Waals surface area contributed by atoms with E-state index in [4.69, 9.17) is 0 Å². The lowest BCUT2D eigenvalue weighted by Gasteiger charge is -1.99. The van der Waals surface area contributed by atoms with E-state index in [1.807, 2.05) is 0 Å². The van der Waals surface area contributed by atoms with Gasteiger partial charge in [-0.1, -0.05) is 33.1 Å². The van der Waals surface area contributed by atoms with Gasteiger partial charge in [0.15, 0.2) is 12.4 Å². The third-order valence-electron chi connectivity index (χ3n) is 2.85. The summed E-state index contributed by atoms with van der Waals surface area (Å²) < 4.78 is 2.32. The van der Waals surface area contributed by atoms with Gasteiger partial charge in [0.1, 0.15) is 6.54 Å². The van der Waals surface area contributed by atoms with E-state index in [0.717, 1.165) is 6.42 Å². The Labute approximate surface area is 94.1 Å². The minimum atomic E-state index is 1.14. The minimum absolute atomic E-state index is 1.14. The molecule has 0 unspecified atom stereocenters. The molecular weight excluding hydrogens is 182 g/mol. The molecule has 1 heterocycles. The fraction of sp³-hybridized carbons (Fsp3) is 0.643. The van der Waals surface area contributed by atoms with Gasteiger partial charge in [0.25, 0.3) is 0 Å². The Balaban J connectivity index is 2.24. The van der Waals surface area contributed by atoms with E-state index in [9.17, 15) is 0 Å². The molecule has 0 aliphatic heterocycles. The molecule has 1 aromatic heterocycles. The molecule has 0 atom stereocenters. The van der Waals surface area contributed by atoms with Crippen LogP contribution in [-0.2, 0) is 13.0 Å². The van der Waals surface area contributed by atoms with Gasteiger partial charge in [-0.15, -0.1) is 0 Å². The third-order valence-corrected chi connectivity index (χ3v) is 2.85. The van der Waals surface area contributed by atoms with Crippen LogP contribution in [0.4, 0.5) is 0 Å². The highest BCUT2D eigenvalue weighted by Crippen LogP contribution is 2.02. The monoisotopic (exact) mass is 206 g/mol. The van der Waals surface area contributed by atoms with Crippen molar-refractivity contribution in [3.8, 4) is 0 Å². The lowest BCUT2D eigenvalue weighted by Crippen LogP contribution is -2.33. The quantitative estimate of drug-likeness (QED) is 0.475. The van der Waals surface area contributed by atoms with Gasteiger partial charge < -0.3 is 0 Å². The molecule has 0 aliphatic carbocycles. The Morgan fingerprint density at radius 2 is 1.87 bits per heavy atom. The van der Waals surface area contributed by atoms with Crippen molar-refractivity contribution >= 4 is 0 Å². The first kappa shape index (κ1) is 12.2. The Bertz CT molecular complexity index is 268. The van der Waals surface area contributed by atoms with Crippen LogP contribution >= 0.6 is 0 Å². The maximum Gasteiger partial charge on any atom is 0.171 e. The van der Waals surface area contributed by atoms with Gasteiger partial charge in [-0.05, 0) is 18.9 Å². The van der Waals surface area contributed by atoms with Crippen LogP contribution in [0, 0.1) is 0 Å². The number of hydrogen-bond acceptors (Lipinski definition) is 0. The lowest BCUT2D eigenvalue weighted by atomic mass is 10.1. The highest BCUT2D eigenvalue weighted by atomic mass is 14.9. The van der Waals surface area contributed by atoms with Crippen molar-refractivity contribution in [2.45, 2.75) is 58.9 Å². The van der Waals surface area contributed by atoms with Crippen molar-refractivity contribution < 1.29 is 4.57 Å². The standard InChI is InChI=1S/C14H24N/c1-3-5-6-7-8-11-15-12-9-10-14(4-2)13-15/h9-10,12-13H,3-8,11H2,1-2H3/q+1. The lowest BCUT2D eigenvalue weighted by molar-refractivity contribution is -0.697. The van der Waals surface area contributed by atoms with Gasteiger partial charge in [-0.3, -0.25) is 0 Å². The van der Waals surface area contributed by atoms with Crippen LogP contribution in [0.5, 0.6) is 0 Å². The number of aromatic nitrogens is 1. The Morgan fingerprint density at radius 3 is 2.60 bits per heavy atom. The predicted octanol–water partition coefficient (Wildman–Crippen LogP) is 3.51. The summed E-state index contributed by atoms with van der Waals surface area (Å²) in [4.78, 5) is 0. The summed E-state index contributed by atoms with van der Waals surface area (Å²) in [5.41, 5.74) is 1.44. The SMILES string of the molecule is CCCCCCC[n+]1cccc(CC)c1. The molecule has 0 fully saturated rings.